The number of nitrogens with two attached hydrogens (primary N) is 1. The zero-order valence-electron chi connectivity index (χ0n) is 9.67. The van der Waals surface area contributed by atoms with Crippen LogP contribution < -0.4 is 5.73 Å². The van der Waals surface area contributed by atoms with Gasteiger partial charge in [0.15, 0.2) is 5.84 Å². The average Bonchev–Trinajstić information content (AvgIpc) is 2.89. The van der Waals surface area contributed by atoms with Crippen molar-refractivity contribution in [3.8, 4) is 0 Å². The number of amidine groups is 1. The monoisotopic (exact) mass is 251 g/mol. The Hall–Kier alpha value is -1.23. The van der Waals surface area contributed by atoms with Gasteiger partial charge >= 0.3 is 0 Å². The van der Waals surface area contributed by atoms with Gasteiger partial charge < -0.3 is 10.9 Å². The van der Waals surface area contributed by atoms with E-state index in [0.717, 1.165) is 16.6 Å². The Morgan fingerprint density at radius 1 is 1.53 bits per heavy atom. The van der Waals surface area contributed by atoms with E-state index in [1.807, 2.05) is 23.9 Å². The predicted molar refractivity (Wildman–Crippen MR) is 69.4 cm³/mol. The van der Waals surface area contributed by atoms with Gasteiger partial charge in [0.2, 0.25) is 0 Å². The Balaban J connectivity index is 1.96. The van der Waals surface area contributed by atoms with Crippen LogP contribution in [-0.4, -0.2) is 21.8 Å². The van der Waals surface area contributed by atoms with E-state index >= 15 is 0 Å². The first-order chi connectivity index (χ1) is 8.29. The largest absolute Gasteiger partial charge is 0.409 e. The van der Waals surface area contributed by atoms with Crippen LogP contribution in [0.25, 0.3) is 0 Å². The van der Waals surface area contributed by atoms with Crippen LogP contribution in [0.5, 0.6) is 0 Å². The van der Waals surface area contributed by atoms with Crippen LogP contribution in [0.2, 0.25) is 0 Å². The van der Waals surface area contributed by atoms with Gasteiger partial charge in [-0.1, -0.05) is 18.0 Å². The van der Waals surface area contributed by atoms with E-state index < -0.39 is 0 Å². The van der Waals surface area contributed by atoms with Crippen LogP contribution in [0.15, 0.2) is 28.4 Å². The van der Waals surface area contributed by atoms with Gasteiger partial charge in [-0.25, -0.2) is 0 Å². The summed E-state index contributed by atoms with van der Waals surface area (Å²) in [6, 6.07) is 3.84. The van der Waals surface area contributed by atoms with E-state index in [9.17, 15) is 0 Å². The van der Waals surface area contributed by atoms with Crippen LogP contribution in [0, 0.1) is 5.92 Å². The van der Waals surface area contributed by atoms with Crippen molar-refractivity contribution in [1.29, 1.82) is 0 Å². The molecular weight excluding hydrogens is 234 g/mol. The standard InChI is InChI=1S/C12H17N3OS/c13-12(15-16)11-7-10(5-6-14-11)17-8-9-3-1-2-4-9/h5-7,9,16H,1-4,8H2,(H2,13,15). The highest BCUT2D eigenvalue weighted by molar-refractivity contribution is 7.99. The number of aromatic nitrogens is 1. The van der Waals surface area contributed by atoms with Crippen molar-refractivity contribution in [3.05, 3.63) is 24.0 Å². The molecular formula is C12H17N3OS. The number of oxime groups is 1. The third-order valence-corrected chi connectivity index (χ3v) is 4.29. The molecule has 1 aliphatic carbocycles. The molecule has 4 nitrogen and oxygen atoms in total. The molecule has 17 heavy (non-hydrogen) atoms. The molecule has 1 aromatic heterocycles. The quantitative estimate of drug-likeness (QED) is 0.283. The highest BCUT2D eigenvalue weighted by Crippen LogP contribution is 2.30. The third kappa shape index (κ3) is 3.36. The smallest absolute Gasteiger partial charge is 0.188 e. The number of pyridine rings is 1. The van der Waals surface area contributed by atoms with Gasteiger partial charge in [0.25, 0.3) is 0 Å². The van der Waals surface area contributed by atoms with Crippen LogP contribution in [0.1, 0.15) is 31.4 Å². The molecule has 0 spiro atoms. The number of nitrogens with zero attached hydrogens (tertiary/aromatic N) is 2. The van der Waals surface area contributed by atoms with Gasteiger partial charge in [-0.3, -0.25) is 4.98 Å². The van der Waals surface area contributed by atoms with Crippen molar-refractivity contribution in [2.75, 3.05) is 5.75 Å². The third-order valence-electron chi connectivity index (χ3n) is 3.06. The number of hydrogen-bond acceptors (Lipinski definition) is 4. The first-order valence-corrected chi connectivity index (χ1v) is 6.85. The van der Waals surface area contributed by atoms with Gasteiger partial charge in [-0.2, -0.15) is 0 Å². The Labute approximate surface area is 105 Å². The molecule has 0 unspecified atom stereocenters. The molecule has 0 bridgehead atoms. The Bertz CT molecular complexity index is 402. The fourth-order valence-electron chi connectivity index (χ4n) is 2.08. The van der Waals surface area contributed by atoms with Crippen molar-refractivity contribution >= 4 is 17.6 Å². The van der Waals surface area contributed by atoms with Crippen LogP contribution in [0.4, 0.5) is 0 Å². The molecule has 92 valence electrons. The first kappa shape index (κ1) is 12.2. The Morgan fingerprint density at radius 3 is 3.00 bits per heavy atom. The van der Waals surface area contributed by atoms with E-state index in [4.69, 9.17) is 10.9 Å². The minimum Gasteiger partial charge on any atom is -0.409 e. The molecule has 0 atom stereocenters. The topological polar surface area (TPSA) is 71.5 Å². The van der Waals surface area contributed by atoms with Crippen molar-refractivity contribution in [2.24, 2.45) is 16.8 Å². The molecule has 1 saturated carbocycles. The summed E-state index contributed by atoms with van der Waals surface area (Å²) in [6.45, 7) is 0. The minimum atomic E-state index is 0.0633. The van der Waals surface area contributed by atoms with E-state index in [2.05, 4.69) is 10.1 Å². The molecule has 0 aliphatic heterocycles. The summed E-state index contributed by atoms with van der Waals surface area (Å²) in [4.78, 5) is 5.19. The normalized spacial score (nSPS) is 17.5. The highest BCUT2D eigenvalue weighted by Gasteiger charge is 2.15. The summed E-state index contributed by atoms with van der Waals surface area (Å²) < 4.78 is 0. The first-order valence-electron chi connectivity index (χ1n) is 5.86. The summed E-state index contributed by atoms with van der Waals surface area (Å²) in [7, 11) is 0. The second-order valence-corrected chi connectivity index (χ2v) is 5.42. The van der Waals surface area contributed by atoms with Gasteiger partial charge in [0.1, 0.15) is 5.69 Å². The van der Waals surface area contributed by atoms with E-state index in [1.54, 1.807) is 6.20 Å². The number of rotatable bonds is 4. The summed E-state index contributed by atoms with van der Waals surface area (Å²) >= 11 is 1.83. The molecule has 1 aromatic rings. The maximum atomic E-state index is 8.60. The predicted octanol–water partition coefficient (Wildman–Crippen LogP) is 2.46. The van der Waals surface area contributed by atoms with Crippen molar-refractivity contribution < 1.29 is 5.21 Å². The van der Waals surface area contributed by atoms with Crippen molar-refractivity contribution in [1.82, 2.24) is 4.98 Å². The molecule has 0 saturated heterocycles. The molecule has 5 heteroatoms. The molecule has 0 radical (unpaired) electrons. The van der Waals surface area contributed by atoms with Gasteiger partial charge in [0.05, 0.1) is 0 Å². The van der Waals surface area contributed by atoms with E-state index in [0.29, 0.717) is 5.69 Å². The average molecular weight is 251 g/mol. The second kappa shape index (κ2) is 5.91. The van der Waals surface area contributed by atoms with E-state index in [1.165, 1.54) is 25.7 Å². The number of hydrogen-bond donors (Lipinski definition) is 2. The Morgan fingerprint density at radius 2 is 2.29 bits per heavy atom. The lowest BCUT2D eigenvalue weighted by Crippen LogP contribution is -2.14. The lowest BCUT2D eigenvalue weighted by atomic mass is 10.1. The maximum Gasteiger partial charge on any atom is 0.188 e. The Kier molecular flexibility index (Phi) is 4.25. The molecule has 1 heterocycles. The fourth-order valence-corrected chi connectivity index (χ4v) is 3.20. The lowest BCUT2D eigenvalue weighted by molar-refractivity contribution is 0.318. The highest BCUT2D eigenvalue weighted by atomic mass is 32.2. The summed E-state index contributed by atoms with van der Waals surface area (Å²) in [5, 5.41) is 11.6. The second-order valence-electron chi connectivity index (χ2n) is 4.32. The number of thioether (sulfide) groups is 1. The van der Waals surface area contributed by atoms with Gasteiger partial charge in [-0.15, -0.1) is 11.8 Å². The SMILES string of the molecule is NC(=NO)c1cc(SCC2CCCC2)ccn1. The lowest BCUT2D eigenvalue weighted by Gasteiger charge is -2.08. The molecule has 0 aromatic carbocycles. The van der Waals surface area contributed by atoms with Crippen LogP contribution >= 0.6 is 11.8 Å². The van der Waals surface area contributed by atoms with Gasteiger partial charge in [-0.05, 0) is 30.9 Å². The molecule has 1 fully saturated rings. The summed E-state index contributed by atoms with van der Waals surface area (Å²) in [5.41, 5.74) is 6.04. The van der Waals surface area contributed by atoms with E-state index in [-0.39, 0.29) is 5.84 Å². The fraction of sp³-hybridized carbons (Fsp3) is 0.500. The zero-order chi connectivity index (χ0) is 12.1. The van der Waals surface area contributed by atoms with Crippen molar-refractivity contribution in [2.45, 2.75) is 30.6 Å². The molecule has 1 aliphatic rings. The maximum absolute atomic E-state index is 8.60. The minimum absolute atomic E-state index is 0.0633. The summed E-state index contributed by atoms with van der Waals surface area (Å²) in [5.74, 6) is 2.06. The summed E-state index contributed by atoms with van der Waals surface area (Å²) in [6.07, 6.45) is 7.15. The zero-order valence-corrected chi connectivity index (χ0v) is 10.5. The van der Waals surface area contributed by atoms with Crippen LogP contribution in [0.3, 0.4) is 0 Å². The molecule has 3 N–H and O–H groups in total. The molecule has 2 rings (SSSR count). The van der Waals surface area contributed by atoms with Gasteiger partial charge in [0, 0.05) is 16.8 Å². The van der Waals surface area contributed by atoms with Crippen molar-refractivity contribution in [3.63, 3.8) is 0 Å². The molecule has 0 amide bonds. The van der Waals surface area contributed by atoms with Crippen LogP contribution in [-0.2, 0) is 0 Å².